The summed E-state index contributed by atoms with van der Waals surface area (Å²) < 4.78 is 27.8. The molecule has 27 heavy (non-hydrogen) atoms. The van der Waals surface area contributed by atoms with Gasteiger partial charge in [0.15, 0.2) is 0 Å². The number of hydrogen-bond acceptors (Lipinski definition) is 3. The minimum atomic E-state index is -3.58. The van der Waals surface area contributed by atoms with Gasteiger partial charge in [-0.05, 0) is 43.3 Å². The molecule has 1 heterocycles. The average Bonchev–Trinajstić information content (AvgIpc) is 3.15. The van der Waals surface area contributed by atoms with Crippen LogP contribution < -0.4 is 14.9 Å². The normalized spacial score (nSPS) is 19.7. The molecule has 0 bridgehead atoms. The number of likely N-dealkylation sites (N-methyl/N-ethyl adjacent to an activating group) is 1. The Hall–Kier alpha value is -2.22. The van der Waals surface area contributed by atoms with Crippen molar-refractivity contribution in [3.05, 3.63) is 60.2 Å². The number of quaternary nitrogens is 1. The van der Waals surface area contributed by atoms with Gasteiger partial charge in [0.1, 0.15) is 6.04 Å². The average molecular weight is 389 g/mol. The third kappa shape index (κ3) is 4.94. The molecule has 2 atom stereocenters. The number of nitrogens with one attached hydrogen (secondary N) is 3. The van der Waals surface area contributed by atoms with Gasteiger partial charge in [-0.1, -0.05) is 18.2 Å². The van der Waals surface area contributed by atoms with Crippen molar-refractivity contribution in [3.63, 3.8) is 0 Å². The van der Waals surface area contributed by atoms with Crippen LogP contribution >= 0.6 is 0 Å². The van der Waals surface area contributed by atoms with Crippen molar-refractivity contribution in [1.29, 1.82) is 0 Å². The van der Waals surface area contributed by atoms with E-state index in [-0.39, 0.29) is 10.8 Å². The van der Waals surface area contributed by atoms with Crippen molar-refractivity contribution < 1.29 is 18.1 Å². The van der Waals surface area contributed by atoms with Gasteiger partial charge in [-0.2, -0.15) is 0 Å². The van der Waals surface area contributed by atoms with Crippen LogP contribution in [0.1, 0.15) is 30.1 Å². The summed E-state index contributed by atoms with van der Waals surface area (Å²) >= 11 is 0. The highest BCUT2D eigenvalue weighted by molar-refractivity contribution is 7.89. The molecule has 1 aliphatic heterocycles. The zero-order chi connectivity index (χ0) is 19.3. The van der Waals surface area contributed by atoms with E-state index in [4.69, 9.17) is 0 Å². The molecule has 0 aromatic heterocycles. The molecule has 1 amide bonds. The van der Waals surface area contributed by atoms with Gasteiger partial charge in [-0.25, -0.2) is 13.1 Å². The predicted molar refractivity (Wildman–Crippen MR) is 105 cm³/mol. The number of anilines is 1. The summed E-state index contributed by atoms with van der Waals surface area (Å²) in [6.07, 6.45) is 2.19. The monoisotopic (exact) mass is 388 g/mol. The van der Waals surface area contributed by atoms with E-state index in [9.17, 15) is 13.2 Å². The number of likely N-dealkylation sites (tertiary alicyclic amines) is 1. The predicted octanol–water partition coefficient (Wildman–Crippen LogP) is 1.28. The van der Waals surface area contributed by atoms with E-state index in [0.29, 0.717) is 23.8 Å². The van der Waals surface area contributed by atoms with E-state index < -0.39 is 10.0 Å². The highest BCUT2D eigenvalue weighted by Crippen LogP contribution is 2.13. The zero-order valence-electron chi connectivity index (χ0n) is 15.4. The molecule has 0 aliphatic carbocycles. The lowest BCUT2D eigenvalue weighted by molar-refractivity contribution is -0.909. The second-order valence-corrected chi connectivity index (χ2v) is 8.56. The molecular weight excluding hydrogens is 362 g/mol. The molecule has 2 aromatic rings. The Kier molecular flexibility index (Phi) is 6.26. The molecule has 0 radical (unpaired) electrons. The molecule has 7 heteroatoms. The Balaban J connectivity index is 1.62. The van der Waals surface area contributed by atoms with Crippen molar-refractivity contribution >= 4 is 21.6 Å². The molecule has 144 valence electrons. The molecular formula is C20H26N3O3S+. The first-order valence-corrected chi connectivity index (χ1v) is 10.8. The molecule has 0 spiro atoms. The van der Waals surface area contributed by atoms with E-state index in [1.165, 1.54) is 29.2 Å². The van der Waals surface area contributed by atoms with Crippen LogP contribution in [-0.2, 0) is 10.0 Å². The number of carbonyl (C=O) groups excluding carboxylic acids is 1. The van der Waals surface area contributed by atoms with Crippen molar-refractivity contribution in [2.45, 2.75) is 30.7 Å². The zero-order valence-corrected chi connectivity index (χ0v) is 16.3. The Morgan fingerprint density at radius 3 is 2.48 bits per heavy atom. The maximum absolute atomic E-state index is 12.5. The first-order valence-electron chi connectivity index (χ1n) is 9.30. The maximum Gasteiger partial charge on any atom is 0.255 e. The van der Waals surface area contributed by atoms with E-state index >= 15 is 0 Å². The fraction of sp³-hybridized carbons (Fsp3) is 0.350. The van der Waals surface area contributed by atoms with Crippen LogP contribution in [0, 0.1) is 0 Å². The van der Waals surface area contributed by atoms with Crippen LogP contribution in [0.4, 0.5) is 5.69 Å². The quantitative estimate of drug-likeness (QED) is 0.669. The minimum absolute atomic E-state index is 0.176. The highest BCUT2D eigenvalue weighted by Gasteiger charge is 2.28. The summed E-state index contributed by atoms with van der Waals surface area (Å²) in [6, 6.07) is 15.5. The highest BCUT2D eigenvalue weighted by atomic mass is 32.2. The molecule has 1 fully saturated rings. The van der Waals surface area contributed by atoms with E-state index in [2.05, 4.69) is 17.0 Å². The maximum atomic E-state index is 12.5. The Morgan fingerprint density at radius 2 is 1.81 bits per heavy atom. The second kappa shape index (κ2) is 8.65. The molecule has 0 saturated carbocycles. The van der Waals surface area contributed by atoms with Crippen molar-refractivity contribution in [3.8, 4) is 0 Å². The van der Waals surface area contributed by atoms with Gasteiger partial charge >= 0.3 is 0 Å². The van der Waals surface area contributed by atoms with E-state index in [1.807, 2.05) is 18.2 Å². The summed E-state index contributed by atoms with van der Waals surface area (Å²) in [7, 11) is -3.58. The van der Waals surface area contributed by atoms with Crippen molar-refractivity contribution in [2.75, 3.05) is 25.0 Å². The van der Waals surface area contributed by atoms with Gasteiger partial charge in [-0.15, -0.1) is 0 Å². The summed E-state index contributed by atoms with van der Waals surface area (Å²) in [4.78, 5) is 13.9. The number of amides is 1. The van der Waals surface area contributed by atoms with E-state index in [1.54, 1.807) is 12.1 Å². The first-order chi connectivity index (χ1) is 13.0. The fourth-order valence-corrected chi connectivity index (χ4v) is 4.58. The Labute approximate surface area is 160 Å². The van der Waals surface area contributed by atoms with Crippen LogP contribution in [0.5, 0.6) is 0 Å². The third-order valence-corrected chi connectivity index (χ3v) is 6.50. The summed E-state index contributed by atoms with van der Waals surface area (Å²) in [5.74, 6) is -0.272. The third-order valence-electron chi connectivity index (χ3n) is 5.06. The summed E-state index contributed by atoms with van der Waals surface area (Å²) in [5, 5.41) is 2.78. The molecule has 3 N–H and O–H groups in total. The molecule has 1 unspecified atom stereocenters. The lowest BCUT2D eigenvalue weighted by atomic mass is 10.2. The summed E-state index contributed by atoms with van der Waals surface area (Å²) in [5.41, 5.74) is 1.11. The van der Waals surface area contributed by atoms with Crippen LogP contribution in [0.3, 0.4) is 0 Å². The lowest BCUT2D eigenvalue weighted by Gasteiger charge is -2.20. The van der Waals surface area contributed by atoms with Crippen molar-refractivity contribution in [1.82, 2.24) is 4.72 Å². The van der Waals surface area contributed by atoms with Gasteiger partial charge < -0.3 is 10.2 Å². The molecule has 6 nitrogen and oxygen atoms in total. The van der Waals surface area contributed by atoms with Crippen LogP contribution in [0.15, 0.2) is 59.5 Å². The van der Waals surface area contributed by atoms with Gasteiger partial charge in [0.2, 0.25) is 10.0 Å². The van der Waals surface area contributed by atoms with Gasteiger partial charge in [0.05, 0.1) is 24.5 Å². The number of carbonyl (C=O) groups is 1. The second-order valence-electron chi connectivity index (χ2n) is 6.80. The van der Waals surface area contributed by atoms with Gasteiger partial charge in [0, 0.05) is 24.1 Å². The Bertz CT molecular complexity index is 867. The topological polar surface area (TPSA) is 79.7 Å². The SMILES string of the molecule is CC[NH+]1CCC[C@@H]1CNS(=O)(=O)c1ccc(C(=O)Nc2ccccc2)cc1. The number of rotatable bonds is 7. The van der Waals surface area contributed by atoms with E-state index in [0.717, 1.165) is 25.9 Å². The minimum Gasteiger partial charge on any atom is -0.332 e. The molecule has 1 aliphatic rings. The first kappa shape index (κ1) is 19.5. The smallest absolute Gasteiger partial charge is 0.255 e. The summed E-state index contributed by atoms with van der Waals surface area (Å²) in [6.45, 7) is 4.69. The number of sulfonamides is 1. The van der Waals surface area contributed by atoms with Crippen molar-refractivity contribution in [2.24, 2.45) is 0 Å². The van der Waals surface area contributed by atoms with Crippen LogP contribution in [-0.4, -0.2) is 40.0 Å². The van der Waals surface area contributed by atoms with Gasteiger partial charge in [0.25, 0.3) is 5.91 Å². The van der Waals surface area contributed by atoms with Crippen LogP contribution in [0.25, 0.3) is 0 Å². The van der Waals surface area contributed by atoms with Gasteiger partial charge in [-0.3, -0.25) is 4.79 Å². The fourth-order valence-electron chi connectivity index (χ4n) is 3.50. The molecule has 1 saturated heterocycles. The largest absolute Gasteiger partial charge is 0.332 e. The molecule has 2 aromatic carbocycles. The Morgan fingerprint density at radius 1 is 1.11 bits per heavy atom. The molecule has 3 rings (SSSR count). The number of para-hydroxylation sites is 1. The van der Waals surface area contributed by atoms with Crippen LogP contribution in [0.2, 0.25) is 0 Å². The number of benzene rings is 2. The lowest BCUT2D eigenvalue weighted by Crippen LogP contribution is -3.14. The standard InChI is InChI=1S/C20H25N3O3S/c1-2-23-14-6-9-18(23)15-21-27(25,26)19-12-10-16(11-13-19)20(24)22-17-7-4-3-5-8-17/h3-5,7-8,10-13,18,21H,2,6,9,14-15H2,1H3,(H,22,24)/p+1/t18-/m1/s1. The number of hydrogen-bond donors (Lipinski definition) is 3.